The van der Waals surface area contributed by atoms with E-state index in [-0.39, 0.29) is 5.41 Å². The van der Waals surface area contributed by atoms with Crippen LogP contribution in [0.4, 0.5) is 0 Å². The molecule has 4 heteroatoms. The number of benzene rings is 6. The van der Waals surface area contributed by atoms with Crippen molar-refractivity contribution in [2.24, 2.45) is 0 Å². The molecule has 6 aromatic carbocycles. The van der Waals surface area contributed by atoms with Gasteiger partial charge in [0.1, 0.15) is 16.9 Å². The molecule has 0 spiro atoms. The van der Waals surface area contributed by atoms with Gasteiger partial charge in [0.25, 0.3) is 0 Å². The third kappa shape index (κ3) is 4.42. The first-order valence-electron chi connectivity index (χ1n) is 17.0. The fourth-order valence-electron chi connectivity index (χ4n) is 7.75. The van der Waals surface area contributed by atoms with Gasteiger partial charge in [-0.3, -0.25) is 0 Å². The van der Waals surface area contributed by atoms with Gasteiger partial charge in [0.2, 0.25) is 0 Å². The van der Waals surface area contributed by atoms with Gasteiger partial charge in [-0.15, -0.1) is 0 Å². The lowest BCUT2D eigenvalue weighted by Gasteiger charge is -2.21. The van der Waals surface area contributed by atoms with Crippen LogP contribution in [0.2, 0.25) is 0 Å². The topological polar surface area (TPSA) is 51.8 Å². The van der Waals surface area contributed by atoms with Crippen molar-refractivity contribution in [2.75, 3.05) is 0 Å². The Balaban J connectivity index is 1.11. The first-order valence-corrected chi connectivity index (χ1v) is 17.0. The van der Waals surface area contributed by atoms with Crippen LogP contribution in [0.25, 0.3) is 89.1 Å². The molecule has 0 saturated heterocycles. The Hall–Kier alpha value is -6.39. The smallest absolute Gasteiger partial charge is 0.179 e. The summed E-state index contributed by atoms with van der Waals surface area (Å²) >= 11 is 0. The van der Waals surface area contributed by atoms with E-state index in [0.717, 1.165) is 61.1 Å². The zero-order chi connectivity index (χ0) is 33.4. The number of para-hydroxylation sites is 2. The van der Waals surface area contributed by atoms with Crippen molar-refractivity contribution in [3.05, 3.63) is 163 Å². The van der Waals surface area contributed by atoms with Crippen LogP contribution in [0.15, 0.2) is 156 Å². The lowest BCUT2D eigenvalue weighted by Crippen LogP contribution is -2.14. The van der Waals surface area contributed by atoms with Crippen molar-refractivity contribution >= 4 is 32.8 Å². The Labute approximate surface area is 289 Å². The second kappa shape index (κ2) is 10.8. The number of nitrogens with zero attached hydrogens (tertiary/aromatic N) is 3. The summed E-state index contributed by atoms with van der Waals surface area (Å²) in [5.74, 6) is 0.580. The van der Waals surface area contributed by atoms with Gasteiger partial charge in [0.05, 0.1) is 16.9 Å². The van der Waals surface area contributed by atoms with E-state index >= 15 is 0 Å². The van der Waals surface area contributed by atoms with Crippen LogP contribution in [0.5, 0.6) is 0 Å². The number of hydrogen-bond acceptors (Lipinski definition) is 4. The van der Waals surface area contributed by atoms with Crippen molar-refractivity contribution < 1.29 is 4.42 Å². The first kappa shape index (κ1) is 28.6. The Morgan fingerprint density at radius 3 is 2.04 bits per heavy atom. The van der Waals surface area contributed by atoms with E-state index in [1.807, 2.05) is 42.5 Å². The third-order valence-corrected chi connectivity index (χ3v) is 10.3. The molecule has 0 atom stereocenters. The summed E-state index contributed by atoms with van der Waals surface area (Å²) in [5.41, 5.74) is 14.7. The van der Waals surface area contributed by atoms with Gasteiger partial charge in [-0.25, -0.2) is 15.0 Å². The van der Waals surface area contributed by atoms with Crippen molar-refractivity contribution in [3.8, 4) is 56.3 Å². The van der Waals surface area contributed by atoms with Gasteiger partial charge >= 0.3 is 0 Å². The molecule has 0 fully saturated rings. The van der Waals surface area contributed by atoms with Crippen LogP contribution < -0.4 is 0 Å². The minimum absolute atomic E-state index is 0.0438. The van der Waals surface area contributed by atoms with Crippen LogP contribution in [0.1, 0.15) is 25.0 Å². The van der Waals surface area contributed by atoms with E-state index in [1.54, 1.807) is 0 Å². The minimum atomic E-state index is -0.0438. The van der Waals surface area contributed by atoms with E-state index in [0.29, 0.717) is 5.82 Å². The van der Waals surface area contributed by atoms with Gasteiger partial charge in [-0.05, 0) is 69.8 Å². The van der Waals surface area contributed by atoms with E-state index in [4.69, 9.17) is 19.4 Å². The maximum absolute atomic E-state index is 6.26. The highest BCUT2D eigenvalue weighted by Crippen LogP contribution is 2.52. The standard InChI is InChI=1S/C46H31N3O/c1-46(2)36-14-6-4-12-35(36)44-32(13-9-15-37(44)46)28-18-20-30(21-19-28)40-27-41(31-22-24-34-33-11-5-8-17-42(33)50-43(34)26-31)49-45(48-40)39-25-23-29-10-3-7-16-38(29)47-39/h3-27H,1-2H3. The third-order valence-electron chi connectivity index (χ3n) is 10.3. The summed E-state index contributed by atoms with van der Waals surface area (Å²) in [5, 5.41) is 3.27. The largest absolute Gasteiger partial charge is 0.456 e. The average Bonchev–Trinajstić information content (AvgIpc) is 3.66. The molecule has 4 nitrogen and oxygen atoms in total. The predicted molar refractivity (Wildman–Crippen MR) is 204 cm³/mol. The Morgan fingerprint density at radius 2 is 1.14 bits per heavy atom. The molecule has 9 aromatic rings. The molecule has 10 rings (SSSR count). The molecule has 1 aliphatic rings. The fraction of sp³-hybridized carbons (Fsp3) is 0.0652. The van der Waals surface area contributed by atoms with Crippen molar-refractivity contribution in [3.63, 3.8) is 0 Å². The fourth-order valence-corrected chi connectivity index (χ4v) is 7.75. The average molecular weight is 642 g/mol. The maximum atomic E-state index is 6.26. The molecular weight excluding hydrogens is 611 g/mol. The molecular formula is C46H31N3O. The van der Waals surface area contributed by atoms with Crippen LogP contribution in [0, 0.1) is 0 Å². The Kier molecular flexibility index (Phi) is 6.19. The first-order chi connectivity index (χ1) is 24.5. The number of rotatable bonds is 4. The van der Waals surface area contributed by atoms with Crippen molar-refractivity contribution in [1.29, 1.82) is 0 Å². The van der Waals surface area contributed by atoms with Crippen LogP contribution in [-0.2, 0) is 5.41 Å². The SMILES string of the molecule is CC1(C)c2ccccc2-c2c(-c3ccc(-c4cc(-c5ccc6c(c5)oc5ccccc56)nc(-c5ccc6ccccc6n5)n4)cc3)cccc21. The molecule has 3 aromatic heterocycles. The monoisotopic (exact) mass is 641 g/mol. The summed E-state index contributed by atoms with van der Waals surface area (Å²) in [6.07, 6.45) is 0. The van der Waals surface area contributed by atoms with Crippen molar-refractivity contribution in [1.82, 2.24) is 15.0 Å². The molecule has 50 heavy (non-hydrogen) atoms. The second-order valence-electron chi connectivity index (χ2n) is 13.6. The van der Waals surface area contributed by atoms with Crippen molar-refractivity contribution in [2.45, 2.75) is 19.3 Å². The summed E-state index contributed by atoms with van der Waals surface area (Å²) < 4.78 is 6.26. The summed E-state index contributed by atoms with van der Waals surface area (Å²) in [7, 11) is 0. The maximum Gasteiger partial charge on any atom is 0.179 e. The summed E-state index contributed by atoms with van der Waals surface area (Å²) in [6, 6.07) is 53.1. The minimum Gasteiger partial charge on any atom is -0.456 e. The number of aromatic nitrogens is 3. The van der Waals surface area contributed by atoms with Gasteiger partial charge in [-0.2, -0.15) is 0 Å². The van der Waals surface area contributed by atoms with E-state index in [2.05, 4.69) is 123 Å². The molecule has 0 saturated carbocycles. The molecule has 0 aliphatic heterocycles. The van der Waals surface area contributed by atoms with E-state index < -0.39 is 0 Å². The summed E-state index contributed by atoms with van der Waals surface area (Å²) in [6.45, 7) is 4.65. The summed E-state index contributed by atoms with van der Waals surface area (Å²) in [4.78, 5) is 15.2. The normalized spacial score (nSPS) is 13.2. The zero-order valence-corrected chi connectivity index (χ0v) is 27.7. The zero-order valence-electron chi connectivity index (χ0n) is 27.7. The molecule has 0 radical (unpaired) electrons. The van der Waals surface area contributed by atoms with Gasteiger partial charge < -0.3 is 4.42 Å². The molecule has 0 N–H and O–H groups in total. The van der Waals surface area contributed by atoms with Crippen LogP contribution >= 0.6 is 0 Å². The number of furan rings is 1. The quantitative estimate of drug-likeness (QED) is 0.192. The number of fused-ring (bicyclic) bond motifs is 7. The van der Waals surface area contributed by atoms with E-state index in [9.17, 15) is 0 Å². The number of pyridine rings is 1. The highest BCUT2D eigenvalue weighted by Gasteiger charge is 2.36. The predicted octanol–water partition coefficient (Wildman–Crippen LogP) is 11.9. The van der Waals surface area contributed by atoms with Gasteiger partial charge in [0, 0.05) is 32.7 Å². The second-order valence-corrected chi connectivity index (χ2v) is 13.6. The van der Waals surface area contributed by atoms with E-state index in [1.165, 1.54) is 33.4 Å². The van der Waals surface area contributed by atoms with Crippen LogP contribution in [-0.4, -0.2) is 15.0 Å². The van der Waals surface area contributed by atoms with Gasteiger partial charge in [-0.1, -0.05) is 129 Å². The highest BCUT2D eigenvalue weighted by molar-refractivity contribution is 6.05. The molecule has 0 unspecified atom stereocenters. The van der Waals surface area contributed by atoms with Gasteiger partial charge in [0.15, 0.2) is 5.82 Å². The molecule has 0 amide bonds. The lowest BCUT2D eigenvalue weighted by atomic mass is 9.82. The molecule has 1 aliphatic carbocycles. The molecule has 0 bridgehead atoms. The van der Waals surface area contributed by atoms with Crippen LogP contribution in [0.3, 0.4) is 0 Å². The molecule has 236 valence electrons. The highest BCUT2D eigenvalue weighted by atomic mass is 16.3. The lowest BCUT2D eigenvalue weighted by molar-refractivity contribution is 0.660. The Morgan fingerprint density at radius 1 is 0.460 bits per heavy atom. The Bertz CT molecular complexity index is 2790. The number of hydrogen-bond donors (Lipinski definition) is 0. The molecule has 3 heterocycles.